The topological polar surface area (TPSA) is 85.3 Å². The Morgan fingerprint density at radius 3 is 2.72 bits per heavy atom. The van der Waals surface area contributed by atoms with Gasteiger partial charge in [0, 0.05) is 23.2 Å². The van der Waals surface area contributed by atoms with Crippen LogP contribution in [0, 0.1) is 0 Å². The fraction of sp³-hybridized carbons (Fsp3) is 0.182. The molecule has 1 unspecified atom stereocenters. The second-order valence-corrected chi connectivity index (χ2v) is 7.73. The van der Waals surface area contributed by atoms with Gasteiger partial charge in [-0.25, -0.2) is 4.98 Å². The molecule has 2 aromatic heterocycles. The zero-order valence-corrected chi connectivity index (χ0v) is 16.9. The van der Waals surface area contributed by atoms with Gasteiger partial charge >= 0.3 is 0 Å². The van der Waals surface area contributed by atoms with E-state index in [0.29, 0.717) is 19.0 Å². The maximum atomic E-state index is 10.5. The summed E-state index contributed by atoms with van der Waals surface area (Å²) in [6, 6.07) is 20.3. The minimum atomic E-state index is -0.598. The van der Waals surface area contributed by atoms with Crippen LogP contribution in [-0.2, 0) is 6.54 Å². The third-order valence-electron chi connectivity index (χ3n) is 4.60. The molecule has 0 saturated carbocycles. The van der Waals surface area contributed by atoms with Gasteiger partial charge in [0.1, 0.15) is 11.9 Å². The molecule has 0 aliphatic heterocycles. The smallest absolute Gasteiger partial charge is 0.191 e. The monoisotopic (exact) mass is 405 g/mol. The minimum Gasteiger partial charge on any atom is -0.386 e. The predicted octanol–water partition coefficient (Wildman–Crippen LogP) is 3.69. The van der Waals surface area contributed by atoms with E-state index in [0.717, 1.165) is 27.3 Å². The molecule has 0 saturated heterocycles. The number of guanidine groups is 1. The highest BCUT2D eigenvalue weighted by atomic mass is 32.1. The second kappa shape index (κ2) is 8.89. The molecule has 0 aliphatic carbocycles. The maximum absolute atomic E-state index is 10.5. The van der Waals surface area contributed by atoms with Gasteiger partial charge in [0.15, 0.2) is 5.96 Å². The molecule has 1 atom stereocenters. The van der Waals surface area contributed by atoms with Crippen LogP contribution < -0.4 is 10.6 Å². The minimum absolute atomic E-state index is 0.375. The highest BCUT2D eigenvalue weighted by molar-refractivity contribution is 7.19. The number of aliphatic imine (C=N–C) groups is 1. The van der Waals surface area contributed by atoms with Gasteiger partial charge in [0.2, 0.25) is 0 Å². The van der Waals surface area contributed by atoms with E-state index in [1.165, 1.54) is 4.70 Å². The molecule has 0 aliphatic rings. The van der Waals surface area contributed by atoms with E-state index in [9.17, 15) is 5.11 Å². The van der Waals surface area contributed by atoms with E-state index in [-0.39, 0.29) is 0 Å². The number of nitrogens with zero attached hydrogens (tertiary/aromatic N) is 2. The van der Waals surface area contributed by atoms with Gasteiger partial charge in [-0.05, 0) is 23.1 Å². The van der Waals surface area contributed by atoms with Crippen molar-refractivity contribution in [3.63, 3.8) is 0 Å². The van der Waals surface area contributed by atoms with Gasteiger partial charge in [-0.15, -0.1) is 11.3 Å². The number of aliphatic hydroxyl groups excluding tert-OH is 1. The number of H-pyrrole nitrogens is 1. The summed E-state index contributed by atoms with van der Waals surface area (Å²) in [4.78, 5) is 12.9. The summed E-state index contributed by atoms with van der Waals surface area (Å²) in [7, 11) is 1.71. The highest BCUT2D eigenvalue weighted by Gasteiger charge is 2.12. The first-order valence-corrected chi connectivity index (χ1v) is 10.2. The Morgan fingerprint density at radius 1 is 1.14 bits per heavy atom. The molecule has 4 aromatic rings. The first kappa shape index (κ1) is 19.2. The Hall–Kier alpha value is -3.16. The molecule has 0 radical (unpaired) electrons. The largest absolute Gasteiger partial charge is 0.386 e. The van der Waals surface area contributed by atoms with Gasteiger partial charge in [-0.3, -0.25) is 4.99 Å². The summed E-state index contributed by atoms with van der Waals surface area (Å²) in [5.41, 5.74) is 2.07. The normalized spacial score (nSPS) is 12.8. The Balaban J connectivity index is 1.31. The summed E-state index contributed by atoms with van der Waals surface area (Å²) in [6.07, 6.45) is 1.23. The van der Waals surface area contributed by atoms with Gasteiger partial charge in [-0.2, -0.15) is 0 Å². The van der Waals surface area contributed by atoms with Crippen molar-refractivity contribution in [2.45, 2.75) is 12.6 Å². The Kier molecular flexibility index (Phi) is 5.88. The average molecular weight is 406 g/mol. The molecule has 6 nitrogen and oxygen atoms in total. The van der Waals surface area contributed by atoms with E-state index >= 15 is 0 Å². The fourth-order valence-corrected chi connectivity index (χ4v) is 4.12. The van der Waals surface area contributed by atoms with Crippen molar-refractivity contribution in [1.29, 1.82) is 0 Å². The number of aromatic amines is 1. The van der Waals surface area contributed by atoms with Crippen molar-refractivity contribution in [1.82, 2.24) is 20.6 Å². The number of nitrogens with one attached hydrogen (secondary N) is 3. The van der Waals surface area contributed by atoms with Crippen molar-refractivity contribution in [2.24, 2.45) is 4.99 Å². The molecule has 0 amide bonds. The van der Waals surface area contributed by atoms with Gasteiger partial charge in [-0.1, -0.05) is 48.5 Å². The van der Waals surface area contributed by atoms with Crippen molar-refractivity contribution >= 4 is 27.4 Å². The first-order chi connectivity index (χ1) is 14.2. The van der Waals surface area contributed by atoms with E-state index < -0.39 is 6.10 Å². The molecule has 29 heavy (non-hydrogen) atoms. The van der Waals surface area contributed by atoms with Crippen LogP contribution in [-0.4, -0.2) is 34.6 Å². The lowest BCUT2D eigenvalue weighted by atomic mass is 10.2. The predicted molar refractivity (Wildman–Crippen MR) is 119 cm³/mol. The Morgan fingerprint density at radius 2 is 1.93 bits per heavy atom. The van der Waals surface area contributed by atoms with Gasteiger partial charge < -0.3 is 20.7 Å². The summed E-state index contributed by atoms with van der Waals surface area (Å²) in [6.45, 7) is 0.880. The van der Waals surface area contributed by atoms with Crippen LogP contribution in [0.3, 0.4) is 0 Å². The van der Waals surface area contributed by atoms with E-state index in [2.05, 4.69) is 37.7 Å². The van der Waals surface area contributed by atoms with Crippen molar-refractivity contribution in [2.75, 3.05) is 13.6 Å². The number of benzene rings is 2. The number of rotatable bonds is 6. The molecular formula is C22H23N5OS. The number of aromatic nitrogens is 2. The lowest BCUT2D eigenvalue weighted by Gasteiger charge is -2.14. The first-order valence-electron chi connectivity index (χ1n) is 9.43. The van der Waals surface area contributed by atoms with Gasteiger partial charge in [0.05, 0.1) is 18.4 Å². The summed E-state index contributed by atoms with van der Waals surface area (Å²) < 4.78 is 1.18. The van der Waals surface area contributed by atoms with Crippen LogP contribution >= 0.6 is 11.3 Å². The van der Waals surface area contributed by atoms with E-state index in [1.54, 1.807) is 18.4 Å². The van der Waals surface area contributed by atoms with Crippen LogP contribution in [0.2, 0.25) is 0 Å². The molecule has 4 rings (SSSR count). The van der Waals surface area contributed by atoms with Crippen molar-refractivity contribution in [3.8, 4) is 11.3 Å². The third-order valence-corrected chi connectivity index (χ3v) is 5.81. The summed E-state index contributed by atoms with van der Waals surface area (Å²) >= 11 is 1.61. The second-order valence-electron chi connectivity index (χ2n) is 6.62. The quantitative estimate of drug-likeness (QED) is 0.291. The average Bonchev–Trinajstić information content (AvgIpc) is 3.41. The number of hydrogen-bond donors (Lipinski definition) is 4. The van der Waals surface area contributed by atoms with Crippen LogP contribution in [0.15, 0.2) is 71.9 Å². The SMILES string of the molecule is CN=C(NCc1ncc(-c2ccccc2)[nH]1)NCC(O)c1cc2ccccc2s1. The number of thiophene rings is 1. The summed E-state index contributed by atoms with van der Waals surface area (Å²) in [5, 5.41) is 18.1. The Labute approximate surface area is 173 Å². The van der Waals surface area contributed by atoms with Crippen LogP contribution in [0.4, 0.5) is 0 Å². The van der Waals surface area contributed by atoms with E-state index in [1.807, 2.05) is 54.7 Å². The highest BCUT2D eigenvalue weighted by Crippen LogP contribution is 2.29. The van der Waals surface area contributed by atoms with Crippen LogP contribution in [0.1, 0.15) is 16.8 Å². The lowest BCUT2D eigenvalue weighted by molar-refractivity contribution is 0.184. The molecule has 2 aromatic carbocycles. The van der Waals surface area contributed by atoms with Crippen molar-refractivity contribution in [3.05, 3.63) is 77.6 Å². The zero-order valence-electron chi connectivity index (χ0n) is 16.1. The zero-order chi connectivity index (χ0) is 20.1. The molecule has 7 heteroatoms. The molecule has 4 N–H and O–H groups in total. The molecule has 0 fully saturated rings. The molecule has 0 bridgehead atoms. The number of imidazole rings is 1. The number of fused-ring (bicyclic) bond motifs is 1. The number of aliphatic hydroxyl groups is 1. The maximum Gasteiger partial charge on any atom is 0.191 e. The van der Waals surface area contributed by atoms with E-state index in [4.69, 9.17) is 0 Å². The van der Waals surface area contributed by atoms with Crippen LogP contribution in [0.25, 0.3) is 21.3 Å². The standard InChI is InChI=1S/C22H23N5OS/c1-23-22(25-13-18(28)20-11-16-9-5-6-10-19(16)29-20)26-14-21-24-12-17(27-21)15-7-3-2-4-8-15/h2-12,18,28H,13-14H2,1H3,(H,24,27)(H2,23,25,26). The fourth-order valence-electron chi connectivity index (χ4n) is 3.07. The molecular weight excluding hydrogens is 382 g/mol. The summed E-state index contributed by atoms with van der Waals surface area (Å²) in [5.74, 6) is 1.43. The number of hydrogen-bond acceptors (Lipinski definition) is 4. The van der Waals surface area contributed by atoms with Gasteiger partial charge in [0.25, 0.3) is 0 Å². The Bertz CT molecular complexity index is 1070. The lowest BCUT2D eigenvalue weighted by Crippen LogP contribution is -2.39. The molecule has 148 valence electrons. The van der Waals surface area contributed by atoms with Crippen molar-refractivity contribution < 1.29 is 5.11 Å². The molecule has 0 spiro atoms. The third kappa shape index (κ3) is 4.64. The van der Waals surface area contributed by atoms with Crippen LogP contribution in [0.5, 0.6) is 0 Å². The molecule has 2 heterocycles.